The van der Waals surface area contributed by atoms with Crippen molar-refractivity contribution in [3.63, 3.8) is 0 Å². The summed E-state index contributed by atoms with van der Waals surface area (Å²) in [7, 11) is 1.69. The summed E-state index contributed by atoms with van der Waals surface area (Å²) in [5.74, 6) is 1.73. The second-order valence-corrected chi connectivity index (χ2v) is 4.08. The van der Waals surface area contributed by atoms with E-state index in [0.717, 1.165) is 30.4 Å². The summed E-state index contributed by atoms with van der Waals surface area (Å²) in [4.78, 5) is 4.53. The third-order valence-corrected chi connectivity index (χ3v) is 2.45. The van der Waals surface area contributed by atoms with E-state index in [9.17, 15) is 0 Å². The molecule has 0 atom stereocenters. The summed E-state index contributed by atoms with van der Waals surface area (Å²) >= 11 is 0. The first-order valence-electron chi connectivity index (χ1n) is 6.36. The van der Waals surface area contributed by atoms with E-state index in [2.05, 4.69) is 42.5 Å². The number of guanidine groups is 1. The van der Waals surface area contributed by atoms with Gasteiger partial charge in [0.2, 0.25) is 0 Å². The van der Waals surface area contributed by atoms with Crippen LogP contribution in [-0.4, -0.2) is 26.2 Å². The Hall–Kier alpha value is -0.980. The van der Waals surface area contributed by atoms with Crippen molar-refractivity contribution in [2.75, 3.05) is 20.2 Å². The molecule has 0 aliphatic heterocycles. The average molecular weight is 377 g/mol. The summed E-state index contributed by atoms with van der Waals surface area (Å²) < 4.78 is 5.26. The van der Waals surface area contributed by atoms with Crippen molar-refractivity contribution in [1.82, 2.24) is 10.6 Å². The fraction of sp³-hybridized carbons (Fsp3) is 0.500. The Morgan fingerprint density at radius 1 is 1.16 bits per heavy atom. The summed E-state index contributed by atoms with van der Waals surface area (Å²) in [6.07, 6.45) is 0. The summed E-state index contributed by atoms with van der Waals surface area (Å²) in [5, 5.41) is 6.41. The van der Waals surface area contributed by atoms with E-state index in [0.29, 0.717) is 6.54 Å². The monoisotopic (exact) mass is 377 g/mol. The number of benzene rings is 1. The van der Waals surface area contributed by atoms with E-state index in [4.69, 9.17) is 4.74 Å². The molecule has 0 aliphatic rings. The molecular formula is C14H24IN3O. The van der Waals surface area contributed by atoms with Crippen LogP contribution in [0.2, 0.25) is 0 Å². The second kappa shape index (κ2) is 9.89. The number of methoxy groups -OCH3 is 1. The van der Waals surface area contributed by atoms with Gasteiger partial charge in [0.25, 0.3) is 0 Å². The highest BCUT2D eigenvalue weighted by Crippen LogP contribution is 2.16. The maximum absolute atomic E-state index is 5.26. The Balaban J connectivity index is 0.00000324. The highest BCUT2D eigenvalue weighted by atomic mass is 127. The van der Waals surface area contributed by atoms with Crippen molar-refractivity contribution >= 4 is 29.9 Å². The molecule has 108 valence electrons. The molecule has 5 heteroatoms. The molecular weight excluding hydrogens is 353 g/mol. The van der Waals surface area contributed by atoms with Gasteiger partial charge in [0, 0.05) is 13.1 Å². The molecule has 0 unspecified atom stereocenters. The Kier molecular flexibility index (Phi) is 9.38. The second-order valence-electron chi connectivity index (χ2n) is 4.08. The zero-order valence-corrected chi connectivity index (χ0v) is 14.4. The zero-order valence-electron chi connectivity index (χ0n) is 12.1. The largest absolute Gasteiger partial charge is 0.497 e. The first kappa shape index (κ1) is 18.0. The predicted molar refractivity (Wildman–Crippen MR) is 91.6 cm³/mol. The van der Waals surface area contributed by atoms with Crippen LogP contribution in [0.25, 0.3) is 0 Å². The number of nitrogens with one attached hydrogen (secondary N) is 2. The quantitative estimate of drug-likeness (QED) is 0.471. The Morgan fingerprint density at radius 3 is 2.32 bits per heavy atom. The molecule has 0 saturated heterocycles. The number of aryl methyl sites for hydroxylation is 1. The summed E-state index contributed by atoms with van der Waals surface area (Å²) in [6.45, 7) is 8.55. The first-order chi connectivity index (χ1) is 8.69. The smallest absolute Gasteiger partial charge is 0.191 e. The van der Waals surface area contributed by atoms with Crippen molar-refractivity contribution in [2.24, 2.45) is 4.99 Å². The molecule has 1 rings (SSSR count). The lowest BCUT2D eigenvalue weighted by atomic mass is 10.1. The molecule has 0 spiro atoms. The van der Waals surface area contributed by atoms with Crippen molar-refractivity contribution < 1.29 is 4.74 Å². The molecule has 0 heterocycles. The van der Waals surface area contributed by atoms with Gasteiger partial charge in [0.1, 0.15) is 5.75 Å². The Morgan fingerprint density at radius 2 is 1.79 bits per heavy atom. The summed E-state index contributed by atoms with van der Waals surface area (Å²) in [5.41, 5.74) is 2.34. The lowest BCUT2D eigenvalue weighted by Gasteiger charge is -2.10. The lowest BCUT2D eigenvalue weighted by Crippen LogP contribution is -2.36. The number of hydrogen-bond acceptors (Lipinski definition) is 2. The van der Waals surface area contributed by atoms with Gasteiger partial charge in [-0.1, -0.05) is 6.07 Å². The zero-order chi connectivity index (χ0) is 13.4. The molecule has 0 radical (unpaired) electrons. The van der Waals surface area contributed by atoms with Crippen LogP contribution in [0.4, 0.5) is 0 Å². The van der Waals surface area contributed by atoms with Crippen molar-refractivity contribution in [3.8, 4) is 5.75 Å². The van der Waals surface area contributed by atoms with Gasteiger partial charge < -0.3 is 15.4 Å². The van der Waals surface area contributed by atoms with Crippen LogP contribution in [0.5, 0.6) is 5.75 Å². The molecule has 19 heavy (non-hydrogen) atoms. The maximum atomic E-state index is 5.26. The average Bonchev–Trinajstić information content (AvgIpc) is 2.36. The van der Waals surface area contributed by atoms with Gasteiger partial charge in [-0.05, 0) is 44.0 Å². The fourth-order valence-electron chi connectivity index (χ4n) is 1.71. The maximum Gasteiger partial charge on any atom is 0.191 e. The van der Waals surface area contributed by atoms with E-state index >= 15 is 0 Å². The van der Waals surface area contributed by atoms with Crippen LogP contribution in [0, 0.1) is 6.92 Å². The minimum Gasteiger partial charge on any atom is -0.497 e. The van der Waals surface area contributed by atoms with Gasteiger partial charge in [-0.25, -0.2) is 4.99 Å². The number of hydrogen-bond donors (Lipinski definition) is 2. The molecule has 4 nitrogen and oxygen atoms in total. The van der Waals surface area contributed by atoms with Crippen LogP contribution in [0.3, 0.4) is 0 Å². The van der Waals surface area contributed by atoms with Crippen molar-refractivity contribution in [2.45, 2.75) is 27.3 Å². The van der Waals surface area contributed by atoms with Gasteiger partial charge in [-0.3, -0.25) is 0 Å². The van der Waals surface area contributed by atoms with Crippen molar-refractivity contribution in [1.29, 1.82) is 0 Å². The standard InChI is InChI=1S/C14H23N3O.HI/c1-5-15-14(16-6-2)17-10-12-7-11(3)8-13(9-12)18-4;/h7-9H,5-6,10H2,1-4H3,(H2,15,16,17);1H. The number of ether oxygens (including phenoxy) is 1. The van der Waals surface area contributed by atoms with Gasteiger partial charge in [0.05, 0.1) is 13.7 Å². The molecule has 0 saturated carbocycles. The number of rotatable bonds is 5. The molecule has 0 bridgehead atoms. The highest BCUT2D eigenvalue weighted by Gasteiger charge is 1.99. The van der Waals surface area contributed by atoms with Crippen molar-refractivity contribution in [3.05, 3.63) is 29.3 Å². The molecule has 2 N–H and O–H groups in total. The van der Waals surface area contributed by atoms with Crippen LogP contribution < -0.4 is 15.4 Å². The normalized spacial score (nSPS) is 9.26. The first-order valence-corrected chi connectivity index (χ1v) is 6.36. The molecule has 0 aliphatic carbocycles. The topological polar surface area (TPSA) is 45.7 Å². The van der Waals surface area contributed by atoms with Gasteiger partial charge in [-0.15, -0.1) is 24.0 Å². The van der Waals surface area contributed by atoms with E-state index < -0.39 is 0 Å². The van der Waals surface area contributed by atoms with Crippen LogP contribution in [-0.2, 0) is 6.54 Å². The molecule has 0 aromatic heterocycles. The Labute approximate surface area is 133 Å². The minimum atomic E-state index is 0. The third kappa shape index (κ3) is 6.66. The predicted octanol–water partition coefficient (Wildman–Crippen LogP) is 2.70. The van der Waals surface area contributed by atoms with Gasteiger partial charge in [-0.2, -0.15) is 0 Å². The molecule has 0 fully saturated rings. The van der Waals surface area contributed by atoms with Crippen LogP contribution >= 0.6 is 24.0 Å². The number of aliphatic imine (C=N–C) groups is 1. The SMILES string of the molecule is CCNC(=NCc1cc(C)cc(OC)c1)NCC.I. The lowest BCUT2D eigenvalue weighted by molar-refractivity contribution is 0.414. The highest BCUT2D eigenvalue weighted by molar-refractivity contribution is 14.0. The molecule has 1 aromatic carbocycles. The van der Waals surface area contributed by atoms with Gasteiger partial charge >= 0.3 is 0 Å². The minimum absolute atomic E-state index is 0. The third-order valence-electron chi connectivity index (χ3n) is 2.45. The van der Waals surface area contributed by atoms with Crippen LogP contribution in [0.1, 0.15) is 25.0 Å². The number of nitrogens with zero attached hydrogens (tertiary/aromatic N) is 1. The summed E-state index contributed by atoms with van der Waals surface area (Å²) in [6, 6.07) is 6.16. The van der Waals surface area contributed by atoms with E-state index in [1.54, 1.807) is 7.11 Å². The number of halogens is 1. The van der Waals surface area contributed by atoms with E-state index in [-0.39, 0.29) is 24.0 Å². The van der Waals surface area contributed by atoms with Gasteiger partial charge in [0.15, 0.2) is 5.96 Å². The fourth-order valence-corrected chi connectivity index (χ4v) is 1.71. The molecule has 1 aromatic rings. The van der Waals surface area contributed by atoms with E-state index in [1.807, 2.05) is 12.1 Å². The van der Waals surface area contributed by atoms with E-state index in [1.165, 1.54) is 5.56 Å². The molecule has 0 amide bonds. The van der Waals surface area contributed by atoms with Crippen LogP contribution in [0.15, 0.2) is 23.2 Å². The Bertz CT molecular complexity index is 400.